The fourth-order valence-electron chi connectivity index (χ4n) is 5.97. The Balaban J connectivity index is 1.23. The van der Waals surface area contributed by atoms with E-state index in [9.17, 15) is 4.79 Å². The van der Waals surface area contributed by atoms with E-state index in [-0.39, 0.29) is 5.91 Å². The first kappa shape index (κ1) is 19.9. The lowest BCUT2D eigenvalue weighted by Crippen LogP contribution is -2.45. The largest absolute Gasteiger partial charge is 0.366 e. The summed E-state index contributed by atoms with van der Waals surface area (Å²) in [5.41, 5.74) is 7.43. The summed E-state index contributed by atoms with van der Waals surface area (Å²) < 4.78 is 0. The predicted octanol–water partition coefficient (Wildman–Crippen LogP) is 4.06. The standard InChI is InChI=1S/C24H37N3O/c25-24(28)20-8-4-7-19(15-20)21-16-22-9-10-23(17-21)27(22)14-13-26-12-11-18-5-2-1-3-6-18/h4,7-8,15,18,21-23,26H,1-3,5-6,9-14,16-17H2,(H2,25,28). The molecule has 1 amide bonds. The number of nitrogens with one attached hydrogen (secondary N) is 1. The van der Waals surface area contributed by atoms with Crippen LogP contribution in [0.5, 0.6) is 0 Å². The molecular formula is C24H37N3O. The van der Waals surface area contributed by atoms with E-state index in [4.69, 9.17) is 5.73 Å². The molecule has 2 saturated heterocycles. The highest BCUT2D eigenvalue weighted by molar-refractivity contribution is 5.92. The first-order chi connectivity index (χ1) is 13.7. The summed E-state index contributed by atoms with van der Waals surface area (Å²) >= 11 is 0. The Morgan fingerprint density at radius 2 is 1.79 bits per heavy atom. The van der Waals surface area contributed by atoms with E-state index in [0.29, 0.717) is 23.6 Å². The summed E-state index contributed by atoms with van der Waals surface area (Å²) in [4.78, 5) is 14.3. The Labute approximate surface area is 170 Å². The van der Waals surface area contributed by atoms with Gasteiger partial charge in [0.2, 0.25) is 5.91 Å². The molecule has 4 rings (SSSR count). The minimum Gasteiger partial charge on any atom is -0.366 e. The predicted molar refractivity (Wildman–Crippen MR) is 115 cm³/mol. The highest BCUT2D eigenvalue weighted by atomic mass is 16.1. The lowest BCUT2D eigenvalue weighted by Gasteiger charge is -2.39. The molecule has 2 unspecified atom stereocenters. The van der Waals surface area contributed by atoms with Gasteiger partial charge in [-0.05, 0) is 68.2 Å². The molecule has 3 aliphatic rings. The van der Waals surface area contributed by atoms with Crippen molar-refractivity contribution in [2.75, 3.05) is 19.6 Å². The highest BCUT2D eigenvalue weighted by Gasteiger charge is 2.40. The van der Waals surface area contributed by atoms with Gasteiger partial charge in [-0.25, -0.2) is 0 Å². The molecule has 0 spiro atoms. The Bertz CT molecular complexity index is 641. The van der Waals surface area contributed by atoms with Crippen LogP contribution in [-0.2, 0) is 0 Å². The highest BCUT2D eigenvalue weighted by Crippen LogP contribution is 2.42. The van der Waals surface area contributed by atoms with E-state index >= 15 is 0 Å². The second kappa shape index (κ2) is 9.41. The van der Waals surface area contributed by atoms with Gasteiger partial charge in [0.15, 0.2) is 0 Å². The van der Waals surface area contributed by atoms with Gasteiger partial charge >= 0.3 is 0 Å². The van der Waals surface area contributed by atoms with Crippen LogP contribution in [0.4, 0.5) is 0 Å². The van der Waals surface area contributed by atoms with Gasteiger partial charge in [0, 0.05) is 30.7 Å². The monoisotopic (exact) mass is 383 g/mol. The van der Waals surface area contributed by atoms with Gasteiger partial charge < -0.3 is 11.1 Å². The van der Waals surface area contributed by atoms with Gasteiger partial charge in [0.05, 0.1) is 0 Å². The van der Waals surface area contributed by atoms with Crippen LogP contribution in [0.15, 0.2) is 24.3 Å². The van der Waals surface area contributed by atoms with Crippen LogP contribution in [0.1, 0.15) is 86.0 Å². The summed E-state index contributed by atoms with van der Waals surface area (Å²) in [5, 5.41) is 3.72. The zero-order valence-corrected chi connectivity index (χ0v) is 17.2. The lowest BCUT2D eigenvalue weighted by atomic mass is 9.84. The molecule has 3 N–H and O–H groups in total. The number of carbonyl (C=O) groups is 1. The average Bonchev–Trinajstić information content (AvgIpc) is 2.95. The number of hydrogen-bond donors (Lipinski definition) is 2. The minimum atomic E-state index is -0.318. The normalized spacial score (nSPS) is 28.5. The number of carbonyl (C=O) groups excluding carboxylic acids is 1. The number of piperidine rings is 1. The van der Waals surface area contributed by atoms with Crippen LogP contribution in [0.3, 0.4) is 0 Å². The maximum atomic E-state index is 11.5. The van der Waals surface area contributed by atoms with Gasteiger partial charge in [-0.15, -0.1) is 0 Å². The number of nitrogens with zero attached hydrogens (tertiary/aromatic N) is 1. The van der Waals surface area contributed by atoms with Crippen molar-refractivity contribution in [3.8, 4) is 0 Å². The smallest absolute Gasteiger partial charge is 0.248 e. The summed E-state index contributed by atoms with van der Waals surface area (Å²) in [5.74, 6) is 1.23. The number of nitrogens with two attached hydrogens (primary N) is 1. The second-order valence-electron chi connectivity index (χ2n) is 9.32. The van der Waals surface area contributed by atoms with Crippen molar-refractivity contribution in [3.05, 3.63) is 35.4 Å². The van der Waals surface area contributed by atoms with E-state index in [0.717, 1.165) is 12.5 Å². The van der Waals surface area contributed by atoms with Crippen molar-refractivity contribution >= 4 is 5.91 Å². The van der Waals surface area contributed by atoms with Crippen molar-refractivity contribution in [3.63, 3.8) is 0 Å². The maximum Gasteiger partial charge on any atom is 0.248 e. The first-order valence-corrected chi connectivity index (χ1v) is 11.6. The van der Waals surface area contributed by atoms with E-state index in [1.54, 1.807) is 0 Å². The molecule has 1 saturated carbocycles. The fourth-order valence-corrected chi connectivity index (χ4v) is 5.97. The Kier molecular flexibility index (Phi) is 6.69. The molecule has 1 aliphatic carbocycles. The third-order valence-corrected chi connectivity index (χ3v) is 7.53. The Morgan fingerprint density at radius 3 is 2.50 bits per heavy atom. The number of fused-ring (bicyclic) bond motifs is 2. The molecule has 1 aromatic rings. The number of rotatable bonds is 8. The summed E-state index contributed by atoms with van der Waals surface area (Å²) in [6.45, 7) is 3.51. The van der Waals surface area contributed by atoms with Gasteiger partial charge in [-0.2, -0.15) is 0 Å². The molecule has 2 heterocycles. The van der Waals surface area contributed by atoms with E-state index in [1.165, 1.54) is 82.9 Å². The number of hydrogen-bond acceptors (Lipinski definition) is 3. The second-order valence-corrected chi connectivity index (χ2v) is 9.32. The third-order valence-electron chi connectivity index (χ3n) is 7.53. The SMILES string of the molecule is NC(=O)c1cccc(C2CC3CCC(C2)N3CCNCCC2CCCCC2)c1. The van der Waals surface area contributed by atoms with Crippen molar-refractivity contribution < 1.29 is 4.79 Å². The molecule has 1 aromatic carbocycles. The maximum absolute atomic E-state index is 11.5. The van der Waals surface area contributed by atoms with Crippen LogP contribution in [0.2, 0.25) is 0 Å². The first-order valence-electron chi connectivity index (χ1n) is 11.6. The van der Waals surface area contributed by atoms with E-state index in [1.807, 2.05) is 18.2 Å². The van der Waals surface area contributed by atoms with Crippen LogP contribution in [0.25, 0.3) is 0 Å². The summed E-state index contributed by atoms with van der Waals surface area (Å²) in [6, 6.07) is 9.44. The molecular weight excluding hydrogens is 346 g/mol. The summed E-state index contributed by atoms with van der Waals surface area (Å²) in [6.07, 6.45) is 13.7. The van der Waals surface area contributed by atoms with Crippen LogP contribution >= 0.6 is 0 Å². The van der Waals surface area contributed by atoms with Gasteiger partial charge in [-0.3, -0.25) is 9.69 Å². The molecule has 154 valence electrons. The van der Waals surface area contributed by atoms with Crippen LogP contribution in [0, 0.1) is 5.92 Å². The van der Waals surface area contributed by atoms with Crippen LogP contribution < -0.4 is 11.1 Å². The van der Waals surface area contributed by atoms with Crippen LogP contribution in [-0.4, -0.2) is 42.5 Å². The molecule has 2 aliphatic heterocycles. The average molecular weight is 384 g/mol. The number of amides is 1. The molecule has 3 fully saturated rings. The zero-order valence-electron chi connectivity index (χ0n) is 17.2. The third kappa shape index (κ3) is 4.77. The topological polar surface area (TPSA) is 58.4 Å². The molecule has 4 nitrogen and oxygen atoms in total. The van der Waals surface area contributed by atoms with Crippen molar-refractivity contribution in [2.45, 2.75) is 82.2 Å². The van der Waals surface area contributed by atoms with Gasteiger partial charge in [-0.1, -0.05) is 44.2 Å². The molecule has 4 heteroatoms. The lowest BCUT2D eigenvalue weighted by molar-refractivity contribution is 0.1000. The number of benzene rings is 1. The molecule has 2 atom stereocenters. The van der Waals surface area contributed by atoms with Gasteiger partial charge in [0.25, 0.3) is 0 Å². The van der Waals surface area contributed by atoms with E-state index in [2.05, 4.69) is 16.3 Å². The molecule has 28 heavy (non-hydrogen) atoms. The van der Waals surface area contributed by atoms with E-state index < -0.39 is 0 Å². The Hall–Kier alpha value is -1.39. The zero-order chi connectivity index (χ0) is 19.3. The van der Waals surface area contributed by atoms with Gasteiger partial charge in [0.1, 0.15) is 0 Å². The van der Waals surface area contributed by atoms with Crippen molar-refractivity contribution in [1.82, 2.24) is 10.2 Å². The summed E-state index contributed by atoms with van der Waals surface area (Å²) in [7, 11) is 0. The van der Waals surface area contributed by atoms with Crippen molar-refractivity contribution in [1.29, 1.82) is 0 Å². The quantitative estimate of drug-likeness (QED) is 0.666. The Morgan fingerprint density at radius 1 is 1.04 bits per heavy atom. The minimum absolute atomic E-state index is 0.318. The van der Waals surface area contributed by atoms with Crippen molar-refractivity contribution in [2.24, 2.45) is 11.7 Å². The molecule has 2 bridgehead atoms. The molecule has 0 aromatic heterocycles. The molecule has 0 radical (unpaired) electrons. The number of primary amides is 1. The fraction of sp³-hybridized carbons (Fsp3) is 0.708.